The normalized spacial score (nSPS) is 20.1. The van der Waals surface area contributed by atoms with E-state index >= 15 is 0 Å². The second kappa shape index (κ2) is 15.8. The highest BCUT2D eigenvalue weighted by Gasteiger charge is 2.32. The van der Waals surface area contributed by atoms with Crippen LogP contribution in [0.15, 0.2) is 48.7 Å². The van der Waals surface area contributed by atoms with Crippen LogP contribution >= 0.6 is 0 Å². The number of ether oxygens (including phenoxy) is 2. The molecule has 1 saturated carbocycles. The molecule has 47 heavy (non-hydrogen) atoms. The summed E-state index contributed by atoms with van der Waals surface area (Å²) in [4.78, 5) is 13.9. The highest BCUT2D eigenvalue weighted by molar-refractivity contribution is 7.92. The molecule has 0 bridgehead atoms. The second-order valence-electron chi connectivity index (χ2n) is 12.8. The van der Waals surface area contributed by atoms with Crippen LogP contribution in [0.2, 0.25) is 0 Å². The van der Waals surface area contributed by atoms with Crippen LogP contribution in [0.1, 0.15) is 56.7 Å². The van der Waals surface area contributed by atoms with Crippen molar-refractivity contribution in [3.63, 3.8) is 0 Å². The molecule has 4 N–H and O–H groups in total. The Balaban J connectivity index is 1.07. The third-order valence-electron chi connectivity index (χ3n) is 8.74. The first kappa shape index (κ1) is 34.5. The van der Waals surface area contributed by atoms with Crippen molar-refractivity contribution in [3.05, 3.63) is 59.9 Å². The molecule has 3 aromatic heterocycles. The van der Waals surface area contributed by atoms with Gasteiger partial charge in [0, 0.05) is 49.6 Å². The highest BCUT2D eigenvalue weighted by atomic mass is 32.2. The maximum atomic E-state index is 11.5. The Morgan fingerprint density at radius 1 is 1.04 bits per heavy atom. The van der Waals surface area contributed by atoms with Gasteiger partial charge < -0.3 is 25.4 Å². The van der Waals surface area contributed by atoms with Crippen LogP contribution in [0.25, 0.3) is 11.3 Å². The van der Waals surface area contributed by atoms with Gasteiger partial charge in [0.05, 0.1) is 42.3 Å². The predicted molar refractivity (Wildman–Crippen MR) is 183 cm³/mol. The molecule has 0 aromatic carbocycles. The quantitative estimate of drug-likeness (QED) is 0.186. The lowest BCUT2D eigenvalue weighted by atomic mass is 9.82. The number of hydrogen-bond acceptors (Lipinski definition) is 11. The number of rotatable bonds is 14. The molecule has 12 nitrogen and oxygen atoms in total. The van der Waals surface area contributed by atoms with Crippen LogP contribution in [0.3, 0.4) is 0 Å². The Morgan fingerprint density at radius 3 is 2.51 bits per heavy atom. The molecule has 2 aliphatic rings. The van der Waals surface area contributed by atoms with Gasteiger partial charge in [0.15, 0.2) is 0 Å². The number of nitrogens with one attached hydrogen (secondary N) is 4. The predicted octanol–water partition coefficient (Wildman–Crippen LogP) is 4.87. The molecule has 5 rings (SSSR count). The summed E-state index contributed by atoms with van der Waals surface area (Å²) in [5.41, 5.74) is 3.20. The van der Waals surface area contributed by atoms with Crippen molar-refractivity contribution in [3.8, 4) is 17.3 Å². The van der Waals surface area contributed by atoms with Gasteiger partial charge in [0.1, 0.15) is 17.5 Å². The first-order valence-electron chi connectivity index (χ1n) is 16.3. The topological polar surface area (TPSA) is 163 Å². The fourth-order valence-electron chi connectivity index (χ4n) is 6.12. The molecule has 3 aromatic rings. The zero-order valence-corrected chi connectivity index (χ0v) is 28.3. The van der Waals surface area contributed by atoms with Crippen LogP contribution in [0.5, 0.6) is 0 Å². The van der Waals surface area contributed by atoms with Crippen LogP contribution in [0, 0.1) is 23.7 Å². The van der Waals surface area contributed by atoms with Crippen LogP contribution in [0.4, 0.5) is 17.5 Å². The molecule has 0 unspecified atom stereocenters. The van der Waals surface area contributed by atoms with Gasteiger partial charge in [0.25, 0.3) is 0 Å². The molecule has 0 amide bonds. The van der Waals surface area contributed by atoms with Crippen LogP contribution < -0.4 is 20.7 Å². The van der Waals surface area contributed by atoms with Crippen molar-refractivity contribution in [2.24, 2.45) is 5.41 Å². The Labute approximate surface area is 278 Å². The van der Waals surface area contributed by atoms with E-state index < -0.39 is 15.4 Å². The molecule has 0 spiro atoms. The zero-order valence-electron chi connectivity index (χ0n) is 27.5. The van der Waals surface area contributed by atoms with Gasteiger partial charge in [-0.05, 0) is 88.3 Å². The Hall–Kier alpha value is -3.83. The van der Waals surface area contributed by atoms with E-state index in [0.29, 0.717) is 50.7 Å². The summed E-state index contributed by atoms with van der Waals surface area (Å²) >= 11 is 0. The average Bonchev–Trinajstić information content (AvgIpc) is 3.05. The molecule has 4 heterocycles. The lowest BCUT2D eigenvalue weighted by Crippen LogP contribution is -2.43. The van der Waals surface area contributed by atoms with E-state index in [0.717, 1.165) is 73.2 Å². The van der Waals surface area contributed by atoms with Gasteiger partial charge in [-0.2, -0.15) is 5.26 Å². The van der Waals surface area contributed by atoms with E-state index in [-0.39, 0.29) is 11.9 Å². The molecule has 1 saturated heterocycles. The Bertz CT molecular complexity index is 1630. The molecule has 13 heteroatoms. The van der Waals surface area contributed by atoms with Gasteiger partial charge in [0.2, 0.25) is 10.0 Å². The molecule has 0 radical (unpaired) electrons. The van der Waals surface area contributed by atoms with E-state index in [9.17, 15) is 13.7 Å². The molecule has 1 aliphatic carbocycles. The van der Waals surface area contributed by atoms with E-state index in [2.05, 4.69) is 49.7 Å². The number of nitriles is 1. The minimum absolute atomic E-state index is 0.169. The van der Waals surface area contributed by atoms with Crippen LogP contribution in [-0.2, 0) is 26.1 Å². The SMILES string of the molecule is Cc1cnc(NC2CCC(N[C@@H](C)COCc3cccc(NS(C)(=O)=O)n3)CC2)cc1-c1cccc(NCC2(C#N)CCOCC2)n1. The fraction of sp³-hybridized carbons (Fsp3) is 0.529. The highest BCUT2D eigenvalue weighted by Crippen LogP contribution is 2.31. The maximum Gasteiger partial charge on any atom is 0.230 e. The van der Waals surface area contributed by atoms with Gasteiger partial charge in [-0.15, -0.1) is 0 Å². The third kappa shape index (κ3) is 10.3. The first-order chi connectivity index (χ1) is 22.6. The number of aromatic nitrogens is 3. The summed E-state index contributed by atoms with van der Waals surface area (Å²) in [6, 6.07) is 16.7. The van der Waals surface area contributed by atoms with Crippen molar-refractivity contribution >= 4 is 27.5 Å². The number of hydrogen-bond donors (Lipinski definition) is 4. The van der Waals surface area contributed by atoms with E-state index in [1.807, 2.05) is 37.4 Å². The Morgan fingerprint density at radius 2 is 1.77 bits per heavy atom. The van der Waals surface area contributed by atoms with Crippen molar-refractivity contribution in [2.45, 2.75) is 77.1 Å². The van der Waals surface area contributed by atoms with Crippen molar-refractivity contribution in [1.82, 2.24) is 20.3 Å². The summed E-state index contributed by atoms with van der Waals surface area (Å²) in [7, 11) is -3.38. The lowest BCUT2D eigenvalue weighted by Gasteiger charge is -2.32. The molecule has 252 valence electrons. The van der Waals surface area contributed by atoms with Gasteiger partial charge in [-0.25, -0.2) is 23.4 Å². The van der Waals surface area contributed by atoms with Gasteiger partial charge in [-0.1, -0.05) is 12.1 Å². The molecule has 1 atom stereocenters. The summed E-state index contributed by atoms with van der Waals surface area (Å²) in [6.07, 6.45) is 8.61. The average molecular weight is 663 g/mol. The second-order valence-corrected chi connectivity index (χ2v) is 14.6. The third-order valence-corrected chi connectivity index (χ3v) is 9.32. The lowest BCUT2D eigenvalue weighted by molar-refractivity contribution is 0.0455. The van der Waals surface area contributed by atoms with E-state index in [4.69, 9.17) is 14.5 Å². The summed E-state index contributed by atoms with van der Waals surface area (Å²) in [5, 5.41) is 20.6. The standard InChI is InChI=1S/C34H46N8O4S/c1-24-19-36-33(18-29(24)30-7-5-8-31(41-30)37-23-34(22-35)14-16-45-17-15-34)39-27-12-10-26(11-13-27)38-25(2)20-46-21-28-6-4-9-32(40-28)42-47(3,43)44/h4-9,18-19,25-27,38H,10-17,20-21,23H2,1-3H3,(H,36,39)(H,37,41)(H,40,42)/t25-,26?,27?/m0/s1. The smallest absolute Gasteiger partial charge is 0.230 e. The Kier molecular flexibility index (Phi) is 11.6. The van der Waals surface area contributed by atoms with Crippen molar-refractivity contribution in [2.75, 3.05) is 48.0 Å². The fourth-order valence-corrected chi connectivity index (χ4v) is 6.62. The minimum atomic E-state index is -3.38. The summed E-state index contributed by atoms with van der Waals surface area (Å²) in [5.74, 6) is 1.89. The minimum Gasteiger partial charge on any atom is -0.381 e. The zero-order chi connectivity index (χ0) is 33.3. The van der Waals surface area contributed by atoms with Crippen molar-refractivity contribution in [1.29, 1.82) is 5.26 Å². The largest absolute Gasteiger partial charge is 0.381 e. The van der Waals surface area contributed by atoms with E-state index in [1.54, 1.807) is 12.1 Å². The number of sulfonamides is 1. The van der Waals surface area contributed by atoms with Gasteiger partial charge in [-0.3, -0.25) is 4.72 Å². The number of aryl methyl sites for hydroxylation is 1. The molecular weight excluding hydrogens is 616 g/mol. The maximum absolute atomic E-state index is 11.5. The van der Waals surface area contributed by atoms with Crippen LogP contribution in [-0.4, -0.2) is 74.1 Å². The van der Waals surface area contributed by atoms with Gasteiger partial charge >= 0.3 is 0 Å². The molecule has 2 fully saturated rings. The number of anilines is 3. The first-order valence-corrected chi connectivity index (χ1v) is 18.2. The number of nitrogens with zero attached hydrogens (tertiary/aromatic N) is 4. The number of pyridine rings is 3. The van der Waals surface area contributed by atoms with E-state index in [1.165, 1.54) is 0 Å². The monoisotopic (exact) mass is 662 g/mol. The molecular formula is C34H46N8O4S. The van der Waals surface area contributed by atoms with Crippen molar-refractivity contribution < 1.29 is 17.9 Å². The molecule has 1 aliphatic heterocycles. The summed E-state index contributed by atoms with van der Waals surface area (Å²) < 4.78 is 36.7. The summed E-state index contributed by atoms with van der Waals surface area (Å²) in [6.45, 7) is 6.78.